The second-order valence-corrected chi connectivity index (χ2v) is 25.8. The Morgan fingerprint density at radius 2 is 0.570 bits per heavy atom. The third-order valence-electron chi connectivity index (χ3n) is 14.0. The highest BCUT2D eigenvalue weighted by Crippen LogP contribution is 2.45. The first-order valence-corrected chi connectivity index (χ1v) is 38.1. The summed E-state index contributed by atoms with van der Waals surface area (Å²) in [6.45, 7) is 2.33. The minimum absolute atomic E-state index is 0.0783. The van der Waals surface area contributed by atoms with E-state index < -0.39 is 91.5 Å². The van der Waals surface area contributed by atoms with E-state index in [9.17, 15) is 43.5 Å². The number of rotatable bonds is 65. The van der Waals surface area contributed by atoms with Crippen LogP contribution in [0.2, 0.25) is 0 Å². The van der Waals surface area contributed by atoms with Gasteiger partial charge in [-0.05, 0) is 141 Å². The van der Waals surface area contributed by atoms with E-state index >= 15 is 0 Å². The molecule has 0 heterocycles. The Balaban J connectivity index is 4.65. The van der Waals surface area contributed by atoms with Gasteiger partial charge >= 0.3 is 33.6 Å². The van der Waals surface area contributed by atoms with Crippen molar-refractivity contribution in [2.45, 2.75) is 270 Å². The molecule has 0 spiro atoms. The molecule has 0 aliphatic rings. The van der Waals surface area contributed by atoms with Crippen LogP contribution in [0.25, 0.3) is 0 Å². The lowest BCUT2D eigenvalue weighted by Crippen LogP contribution is -2.30. The van der Waals surface area contributed by atoms with Crippen LogP contribution in [0.1, 0.15) is 252 Å². The second kappa shape index (κ2) is 67.4. The number of unbranched alkanes of at least 4 members (excludes halogenated alkanes) is 18. The Morgan fingerprint density at radius 1 is 0.312 bits per heavy atom. The second-order valence-electron chi connectivity index (χ2n) is 22.9. The van der Waals surface area contributed by atoms with Gasteiger partial charge in [0.25, 0.3) is 0 Å². The zero-order chi connectivity index (χ0) is 68.1. The van der Waals surface area contributed by atoms with Gasteiger partial charge < -0.3 is 34.2 Å². The molecule has 0 saturated heterocycles. The zero-order valence-electron chi connectivity index (χ0n) is 57.4. The van der Waals surface area contributed by atoms with E-state index in [-0.39, 0.29) is 19.3 Å². The fourth-order valence-electron chi connectivity index (χ4n) is 8.71. The molecule has 0 aromatic carbocycles. The number of hydrogen-bond acceptors (Lipinski definition) is 14. The Bertz CT molecular complexity index is 2280. The van der Waals surface area contributed by atoms with Crippen molar-refractivity contribution in [1.82, 2.24) is 0 Å². The predicted molar refractivity (Wildman–Crippen MR) is 380 cm³/mol. The van der Waals surface area contributed by atoms with E-state index in [1.807, 2.05) is 0 Å². The fourth-order valence-corrected chi connectivity index (χ4v) is 10.3. The van der Waals surface area contributed by atoms with E-state index in [1.165, 1.54) is 19.3 Å². The summed E-state index contributed by atoms with van der Waals surface area (Å²) in [6.07, 6.45) is 80.4. The van der Waals surface area contributed by atoms with Crippen molar-refractivity contribution >= 4 is 33.6 Å². The number of phosphoric ester groups is 2. The number of ether oxygens (including phenoxy) is 3. The van der Waals surface area contributed by atoms with E-state index in [4.69, 9.17) is 32.3 Å². The average molecular weight is 1340 g/mol. The van der Waals surface area contributed by atoms with Crippen molar-refractivity contribution in [2.24, 2.45) is 0 Å². The molecule has 0 rings (SSSR count). The van der Waals surface area contributed by atoms with E-state index in [1.54, 1.807) is 0 Å². The molecule has 93 heavy (non-hydrogen) atoms. The monoisotopic (exact) mass is 1340 g/mol. The van der Waals surface area contributed by atoms with Gasteiger partial charge in [-0.1, -0.05) is 237 Å². The minimum atomic E-state index is -4.94. The van der Waals surface area contributed by atoms with E-state index in [2.05, 4.69) is 167 Å². The first kappa shape index (κ1) is 88.4. The number of aliphatic hydroxyl groups excluding tert-OH is 2. The third-order valence-corrected chi connectivity index (χ3v) is 15.9. The largest absolute Gasteiger partial charge is 0.472 e. The smallest absolute Gasteiger partial charge is 0.463 e. The van der Waals surface area contributed by atoms with Gasteiger partial charge in [0.15, 0.2) is 6.10 Å². The SMILES string of the molecule is CC/C=C\C/C=C\C/C=C\C/C=C\C/C=C\C/C=C\CCCCCCCCC(=O)OCC(O)COP(=O)(O)OCC(O)COP(=O)(O)OCC(COC(=O)CCCCCC/C=C\C/C=C\C/C=C\C/C=C\CC)OC(=O)CCCCCCC/C=C\C/C=C\CCCCC. The maximum atomic E-state index is 12.9. The maximum Gasteiger partial charge on any atom is 0.472 e. The quantitative estimate of drug-likeness (QED) is 0.0146. The van der Waals surface area contributed by atoms with Gasteiger partial charge in [-0.3, -0.25) is 32.5 Å². The molecule has 0 radical (unpaired) electrons. The Kier molecular flexibility index (Phi) is 64.1. The van der Waals surface area contributed by atoms with Crippen molar-refractivity contribution in [2.75, 3.05) is 39.6 Å². The molecule has 0 bridgehead atoms. The molecule has 0 amide bonds. The molecule has 0 aliphatic heterocycles. The number of carbonyl (C=O) groups excluding carboxylic acids is 3. The zero-order valence-corrected chi connectivity index (χ0v) is 59.2. The highest BCUT2D eigenvalue weighted by Gasteiger charge is 2.29. The highest BCUT2D eigenvalue weighted by molar-refractivity contribution is 7.47. The molecule has 530 valence electrons. The number of phosphoric acid groups is 2. The summed E-state index contributed by atoms with van der Waals surface area (Å²) in [5.41, 5.74) is 0. The van der Waals surface area contributed by atoms with Crippen LogP contribution in [0.15, 0.2) is 146 Å². The van der Waals surface area contributed by atoms with Gasteiger partial charge in [-0.15, -0.1) is 0 Å². The summed E-state index contributed by atoms with van der Waals surface area (Å²) in [5.74, 6) is -1.64. The highest BCUT2D eigenvalue weighted by atomic mass is 31.2. The van der Waals surface area contributed by atoms with Gasteiger partial charge in [0.05, 0.1) is 26.4 Å². The summed E-state index contributed by atoms with van der Waals surface area (Å²) in [7, 11) is -9.80. The van der Waals surface area contributed by atoms with Crippen LogP contribution in [0.4, 0.5) is 0 Å². The molecule has 16 nitrogen and oxygen atoms in total. The Hall–Kier alpha value is -4.57. The van der Waals surface area contributed by atoms with E-state index in [0.717, 1.165) is 173 Å². The van der Waals surface area contributed by atoms with Crippen molar-refractivity contribution in [3.63, 3.8) is 0 Å². The van der Waals surface area contributed by atoms with Crippen LogP contribution in [0, 0.1) is 0 Å². The molecule has 0 fully saturated rings. The summed E-state index contributed by atoms with van der Waals surface area (Å²) >= 11 is 0. The number of carbonyl (C=O) groups is 3. The molecule has 5 unspecified atom stereocenters. The van der Waals surface area contributed by atoms with Gasteiger partial charge in [-0.25, -0.2) is 9.13 Å². The van der Waals surface area contributed by atoms with Crippen LogP contribution in [-0.4, -0.2) is 95.9 Å². The third kappa shape index (κ3) is 68.6. The average Bonchev–Trinajstić information content (AvgIpc) is 2.84. The molecule has 0 aromatic rings. The van der Waals surface area contributed by atoms with Crippen LogP contribution in [0.5, 0.6) is 0 Å². The molecule has 4 N–H and O–H groups in total. The lowest BCUT2D eigenvalue weighted by atomic mass is 10.1. The summed E-state index contributed by atoms with van der Waals surface area (Å²) in [4.78, 5) is 58.4. The minimum Gasteiger partial charge on any atom is -0.463 e. The van der Waals surface area contributed by atoms with Gasteiger partial charge in [0, 0.05) is 19.3 Å². The first-order valence-electron chi connectivity index (χ1n) is 35.1. The Labute approximate surface area is 562 Å². The summed E-state index contributed by atoms with van der Waals surface area (Å²) < 4.78 is 60.9. The van der Waals surface area contributed by atoms with Crippen molar-refractivity contribution in [3.8, 4) is 0 Å². The lowest BCUT2D eigenvalue weighted by molar-refractivity contribution is -0.161. The van der Waals surface area contributed by atoms with Gasteiger partial charge in [-0.2, -0.15) is 0 Å². The number of hydrogen-bond donors (Lipinski definition) is 4. The maximum absolute atomic E-state index is 12.9. The summed E-state index contributed by atoms with van der Waals surface area (Å²) in [5, 5.41) is 20.6. The molecular weight excluding hydrogens is 1220 g/mol. The Morgan fingerprint density at radius 3 is 0.903 bits per heavy atom. The lowest BCUT2D eigenvalue weighted by Gasteiger charge is -2.21. The topological polar surface area (TPSA) is 231 Å². The fraction of sp³-hybridized carbons (Fsp3) is 0.640. The van der Waals surface area contributed by atoms with Crippen LogP contribution >= 0.6 is 15.6 Å². The normalized spacial score (nSPS) is 15.0. The predicted octanol–water partition coefficient (Wildman–Crippen LogP) is 19.8. The van der Waals surface area contributed by atoms with Crippen molar-refractivity contribution in [1.29, 1.82) is 0 Å². The van der Waals surface area contributed by atoms with Crippen molar-refractivity contribution < 1.29 is 75.8 Å². The van der Waals surface area contributed by atoms with Crippen LogP contribution < -0.4 is 0 Å². The van der Waals surface area contributed by atoms with Gasteiger partial charge in [0.1, 0.15) is 25.4 Å². The molecule has 0 aromatic heterocycles. The number of esters is 3. The number of allylic oxidation sites excluding steroid dienone is 24. The molecule has 0 saturated carbocycles. The molecule has 18 heteroatoms. The molecular formula is C75H124O16P2. The van der Waals surface area contributed by atoms with E-state index in [0.29, 0.717) is 19.3 Å². The van der Waals surface area contributed by atoms with Gasteiger partial charge in [0.2, 0.25) is 0 Å². The number of aliphatic hydroxyl groups is 2. The molecule has 0 aliphatic carbocycles. The molecule has 5 atom stereocenters. The standard InChI is InChI=1S/C75H124O16P2/c1-4-7-10-13-16-19-22-25-28-30-31-32-33-34-35-36-37-39-42-43-46-49-52-55-58-61-73(78)85-64-70(76)65-87-92(81,82)88-66-71(77)67-89-93(83,84)90-69-72(91-75(80)63-60-57-54-51-48-45-40-27-24-21-18-15-12-9-6-3)68-86-74(79)62-59-56-53-50-47-44-41-38-29-26-23-20-17-14-11-8-5-2/h7-8,10-11,16-21,25-29,31-32,34-35,37,39-41,44,70-72,76-77H,4-6,9,12-15,22-24,30,33,36,38,42-43,45-69H2,1-3H3,(H,81,82)(H,83,84)/b10-7-,11-8-,19-16-,20-17-,21-18-,28-25-,29-26-,32-31-,35-34-,39-37-,40-27-,44-41-. The van der Waals surface area contributed by atoms with Crippen LogP contribution in [0.3, 0.4) is 0 Å². The summed E-state index contributed by atoms with van der Waals surface area (Å²) in [6, 6.07) is 0. The van der Waals surface area contributed by atoms with Crippen LogP contribution in [-0.2, 0) is 55.8 Å². The van der Waals surface area contributed by atoms with Crippen molar-refractivity contribution in [3.05, 3.63) is 146 Å². The first-order chi connectivity index (χ1) is 45.2.